The lowest BCUT2D eigenvalue weighted by molar-refractivity contribution is 0.318. The van der Waals surface area contributed by atoms with Gasteiger partial charge in [-0.25, -0.2) is 4.98 Å². The number of rotatable bonds is 3. The first-order valence-electron chi connectivity index (χ1n) is 5.07. The number of amidine groups is 1. The molecule has 1 heterocycles. The van der Waals surface area contributed by atoms with Crippen LogP contribution in [-0.2, 0) is 0 Å². The fourth-order valence-corrected chi connectivity index (χ4v) is 1.55. The van der Waals surface area contributed by atoms with Gasteiger partial charge in [-0.15, -0.1) is 0 Å². The maximum atomic E-state index is 8.58. The number of oxime groups is 1. The van der Waals surface area contributed by atoms with Crippen molar-refractivity contribution < 1.29 is 9.94 Å². The highest BCUT2D eigenvalue weighted by Gasteiger charge is 2.04. The van der Waals surface area contributed by atoms with E-state index in [9.17, 15) is 0 Å². The van der Waals surface area contributed by atoms with Gasteiger partial charge >= 0.3 is 0 Å². The molecule has 2 aromatic rings. The monoisotopic (exact) mass is 307 g/mol. The van der Waals surface area contributed by atoms with Gasteiger partial charge in [-0.1, -0.05) is 27.2 Å². The Hall–Kier alpha value is -2.08. The molecule has 1 aromatic carbocycles. The fourth-order valence-electron chi connectivity index (χ4n) is 1.29. The molecule has 0 unspecified atom stereocenters. The van der Waals surface area contributed by atoms with Crippen LogP contribution in [0.15, 0.2) is 52.1 Å². The molecule has 3 N–H and O–H groups in total. The molecule has 2 rings (SSSR count). The number of benzene rings is 1. The average Bonchev–Trinajstić information content (AvgIpc) is 2.41. The van der Waals surface area contributed by atoms with Gasteiger partial charge in [0, 0.05) is 10.5 Å². The predicted octanol–water partition coefficient (Wildman–Crippen LogP) is 2.73. The van der Waals surface area contributed by atoms with Crippen LogP contribution in [0, 0.1) is 0 Å². The van der Waals surface area contributed by atoms with Crippen LogP contribution in [0.4, 0.5) is 0 Å². The molecule has 0 aliphatic heterocycles. The molecule has 1 aromatic heterocycles. The smallest absolute Gasteiger partial charge is 0.219 e. The lowest BCUT2D eigenvalue weighted by atomic mass is 10.3. The first-order chi connectivity index (χ1) is 8.69. The Balaban J connectivity index is 2.22. The second-order valence-electron chi connectivity index (χ2n) is 3.40. The second-order valence-corrected chi connectivity index (χ2v) is 4.32. The van der Waals surface area contributed by atoms with Gasteiger partial charge in [-0.3, -0.25) is 0 Å². The number of hydrogen-bond acceptors (Lipinski definition) is 4. The second kappa shape index (κ2) is 5.50. The molecule has 92 valence electrons. The van der Waals surface area contributed by atoms with Crippen molar-refractivity contribution in [2.75, 3.05) is 0 Å². The third kappa shape index (κ3) is 2.98. The summed E-state index contributed by atoms with van der Waals surface area (Å²) in [7, 11) is 0. The standard InChI is InChI=1S/C12H10BrN3O2/c13-8-4-6-9(7-5-8)18-11-3-1-2-10(15-11)12(14)16-17/h1-7,17H,(H2,14,16). The van der Waals surface area contributed by atoms with Crippen LogP contribution in [0.5, 0.6) is 11.6 Å². The molecule has 0 saturated carbocycles. The molecule has 6 heteroatoms. The Labute approximate surface area is 112 Å². The van der Waals surface area contributed by atoms with Gasteiger partial charge in [0.25, 0.3) is 0 Å². The highest BCUT2D eigenvalue weighted by Crippen LogP contribution is 2.21. The molecule has 0 amide bonds. The van der Waals surface area contributed by atoms with E-state index in [2.05, 4.69) is 26.1 Å². The van der Waals surface area contributed by atoms with Crippen LogP contribution in [0.1, 0.15) is 5.69 Å². The minimum Gasteiger partial charge on any atom is -0.439 e. The van der Waals surface area contributed by atoms with Gasteiger partial charge in [0.1, 0.15) is 11.4 Å². The van der Waals surface area contributed by atoms with Crippen molar-refractivity contribution in [1.82, 2.24) is 4.98 Å². The van der Waals surface area contributed by atoms with E-state index in [0.29, 0.717) is 17.3 Å². The van der Waals surface area contributed by atoms with Crippen molar-refractivity contribution in [3.05, 3.63) is 52.6 Å². The third-order valence-corrected chi connectivity index (χ3v) is 2.66. The Morgan fingerprint density at radius 2 is 1.94 bits per heavy atom. The molecule has 0 bridgehead atoms. The summed E-state index contributed by atoms with van der Waals surface area (Å²) in [6.45, 7) is 0. The predicted molar refractivity (Wildman–Crippen MR) is 71.0 cm³/mol. The van der Waals surface area contributed by atoms with Crippen molar-refractivity contribution >= 4 is 21.8 Å². The van der Waals surface area contributed by atoms with Gasteiger partial charge in [0.15, 0.2) is 5.84 Å². The largest absolute Gasteiger partial charge is 0.439 e. The van der Waals surface area contributed by atoms with Gasteiger partial charge in [-0.05, 0) is 30.3 Å². The van der Waals surface area contributed by atoms with Crippen molar-refractivity contribution in [2.24, 2.45) is 10.9 Å². The van der Waals surface area contributed by atoms with Crippen LogP contribution in [0.2, 0.25) is 0 Å². The molecule has 5 nitrogen and oxygen atoms in total. The Morgan fingerprint density at radius 3 is 2.61 bits per heavy atom. The highest BCUT2D eigenvalue weighted by atomic mass is 79.9. The summed E-state index contributed by atoms with van der Waals surface area (Å²) in [5, 5.41) is 11.5. The van der Waals surface area contributed by atoms with E-state index in [1.807, 2.05) is 24.3 Å². The number of nitrogens with two attached hydrogens (primary N) is 1. The molecule has 0 aliphatic carbocycles. The van der Waals surface area contributed by atoms with E-state index in [4.69, 9.17) is 15.7 Å². The average molecular weight is 308 g/mol. The van der Waals surface area contributed by atoms with E-state index >= 15 is 0 Å². The summed E-state index contributed by atoms with van der Waals surface area (Å²) in [5.74, 6) is 0.972. The molecule has 18 heavy (non-hydrogen) atoms. The molecule has 0 radical (unpaired) electrons. The molecular formula is C12H10BrN3O2. The van der Waals surface area contributed by atoms with E-state index in [1.54, 1.807) is 18.2 Å². The topological polar surface area (TPSA) is 80.7 Å². The zero-order valence-electron chi connectivity index (χ0n) is 9.25. The summed E-state index contributed by atoms with van der Waals surface area (Å²) in [4.78, 5) is 4.11. The lowest BCUT2D eigenvalue weighted by Gasteiger charge is -2.05. The number of hydrogen-bond donors (Lipinski definition) is 2. The van der Waals surface area contributed by atoms with Gasteiger partial charge in [0.2, 0.25) is 5.88 Å². The third-order valence-electron chi connectivity index (χ3n) is 2.13. The molecule has 0 spiro atoms. The van der Waals surface area contributed by atoms with Crippen molar-refractivity contribution in [1.29, 1.82) is 0 Å². The quantitative estimate of drug-likeness (QED) is 0.395. The van der Waals surface area contributed by atoms with Crippen LogP contribution in [-0.4, -0.2) is 16.0 Å². The zero-order chi connectivity index (χ0) is 13.0. The van der Waals surface area contributed by atoms with Crippen LogP contribution < -0.4 is 10.5 Å². The lowest BCUT2D eigenvalue weighted by Crippen LogP contribution is -2.14. The number of ether oxygens (including phenoxy) is 1. The van der Waals surface area contributed by atoms with Crippen LogP contribution in [0.3, 0.4) is 0 Å². The molecule has 0 fully saturated rings. The van der Waals surface area contributed by atoms with Crippen molar-refractivity contribution in [3.8, 4) is 11.6 Å². The van der Waals surface area contributed by atoms with Crippen LogP contribution >= 0.6 is 15.9 Å². The van der Waals surface area contributed by atoms with E-state index in [1.165, 1.54) is 0 Å². The summed E-state index contributed by atoms with van der Waals surface area (Å²) in [5.41, 5.74) is 5.81. The van der Waals surface area contributed by atoms with E-state index < -0.39 is 0 Å². The fraction of sp³-hybridized carbons (Fsp3) is 0. The Morgan fingerprint density at radius 1 is 1.22 bits per heavy atom. The summed E-state index contributed by atoms with van der Waals surface area (Å²) in [6.07, 6.45) is 0. The number of pyridine rings is 1. The first-order valence-corrected chi connectivity index (χ1v) is 5.87. The summed E-state index contributed by atoms with van der Waals surface area (Å²) in [6, 6.07) is 12.4. The molecule has 0 aliphatic rings. The Kier molecular flexibility index (Phi) is 3.78. The maximum Gasteiger partial charge on any atom is 0.219 e. The van der Waals surface area contributed by atoms with Crippen molar-refractivity contribution in [3.63, 3.8) is 0 Å². The minimum absolute atomic E-state index is 0.0590. The van der Waals surface area contributed by atoms with Gasteiger partial charge < -0.3 is 15.7 Å². The SMILES string of the molecule is NC(=NO)c1cccc(Oc2ccc(Br)cc2)n1. The summed E-state index contributed by atoms with van der Waals surface area (Å²) >= 11 is 3.34. The molecular weight excluding hydrogens is 298 g/mol. The molecule has 0 saturated heterocycles. The van der Waals surface area contributed by atoms with Gasteiger partial charge in [-0.2, -0.15) is 0 Å². The summed E-state index contributed by atoms with van der Waals surface area (Å²) < 4.78 is 6.51. The van der Waals surface area contributed by atoms with Gasteiger partial charge in [0.05, 0.1) is 0 Å². The minimum atomic E-state index is -0.0590. The first kappa shape index (κ1) is 12.4. The highest BCUT2D eigenvalue weighted by molar-refractivity contribution is 9.10. The Bertz CT molecular complexity index is 570. The molecule has 0 atom stereocenters. The maximum absolute atomic E-state index is 8.58. The number of aromatic nitrogens is 1. The number of halogens is 1. The zero-order valence-corrected chi connectivity index (χ0v) is 10.8. The normalized spacial score (nSPS) is 11.3. The van der Waals surface area contributed by atoms with Crippen LogP contribution in [0.25, 0.3) is 0 Å². The van der Waals surface area contributed by atoms with Crippen molar-refractivity contribution in [2.45, 2.75) is 0 Å². The van der Waals surface area contributed by atoms with E-state index in [-0.39, 0.29) is 5.84 Å². The van der Waals surface area contributed by atoms with E-state index in [0.717, 1.165) is 4.47 Å². The number of nitrogens with zero attached hydrogens (tertiary/aromatic N) is 2.